The van der Waals surface area contributed by atoms with Crippen LogP contribution in [0.15, 0.2) is 56.9 Å². The summed E-state index contributed by atoms with van der Waals surface area (Å²) in [6.07, 6.45) is 3.66. The third-order valence-corrected chi connectivity index (χ3v) is 5.74. The van der Waals surface area contributed by atoms with Gasteiger partial charge in [0.05, 0.1) is 17.6 Å². The van der Waals surface area contributed by atoms with Crippen LogP contribution in [0.2, 0.25) is 0 Å². The molecule has 0 atom stereocenters. The lowest BCUT2D eigenvalue weighted by molar-refractivity contribution is 0.102. The highest BCUT2D eigenvalue weighted by Gasteiger charge is 2.34. The zero-order chi connectivity index (χ0) is 19.1. The predicted octanol–water partition coefficient (Wildman–Crippen LogP) is 4.88. The minimum atomic E-state index is -0.300. The molecule has 28 heavy (non-hydrogen) atoms. The summed E-state index contributed by atoms with van der Waals surface area (Å²) in [5.74, 6) is 0.663. The van der Waals surface area contributed by atoms with Crippen LogP contribution in [0.25, 0.3) is 17.1 Å². The number of thiazole rings is 1. The summed E-state index contributed by atoms with van der Waals surface area (Å²) in [4.78, 5) is 17.3. The zero-order valence-corrected chi connectivity index (χ0v) is 16.9. The van der Waals surface area contributed by atoms with Crippen molar-refractivity contribution in [1.29, 1.82) is 0 Å². The summed E-state index contributed by atoms with van der Waals surface area (Å²) in [7, 11) is 0. The van der Waals surface area contributed by atoms with Gasteiger partial charge >= 0.3 is 0 Å². The predicted molar refractivity (Wildman–Crippen MR) is 109 cm³/mol. The van der Waals surface area contributed by atoms with Gasteiger partial charge in [-0.3, -0.25) is 10.1 Å². The lowest BCUT2D eigenvalue weighted by Gasteiger charge is -2.07. The van der Waals surface area contributed by atoms with Gasteiger partial charge in [0.15, 0.2) is 16.6 Å². The van der Waals surface area contributed by atoms with Crippen molar-refractivity contribution in [2.75, 3.05) is 5.32 Å². The Morgan fingerprint density at radius 2 is 2.07 bits per heavy atom. The Bertz CT molecular complexity index is 1130. The van der Waals surface area contributed by atoms with Crippen molar-refractivity contribution in [3.05, 3.63) is 63.9 Å². The van der Waals surface area contributed by atoms with Crippen molar-refractivity contribution in [3.8, 4) is 17.1 Å². The van der Waals surface area contributed by atoms with Gasteiger partial charge in [-0.15, -0.1) is 16.4 Å². The molecular weight excluding hydrogens is 442 g/mol. The molecule has 1 fully saturated rings. The normalized spacial score (nSPS) is 13.6. The number of anilines is 1. The molecule has 0 saturated heterocycles. The molecule has 1 aromatic carbocycles. The first kappa shape index (κ1) is 17.3. The average molecular weight is 456 g/mol. The van der Waals surface area contributed by atoms with Crippen LogP contribution in [0.3, 0.4) is 0 Å². The van der Waals surface area contributed by atoms with Crippen LogP contribution in [0.1, 0.15) is 34.9 Å². The van der Waals surface area contributed by atoms with E-state index in [1.54, 1.807) is 17.0 Å². The minimum Gasteiger partial charge on any atom is -0.463 e. The van der Waals surface area contributed by atoms with E-state index in [9.17, 15) is 4.79 Å². The maximum Gasteiger partial charge on any atom is 0.279 e. The van der Waals surface area contributed by atoms with Gasteiger partial charge in [-0.2, -0.15) is 0 Å². The summed E-state index contributed by atoms with van der Waals surface area (Å²) >= 11 is 4.78. The number of benzene rings is 1. The van der Waals surface area contributed by atoms with E-state index in [1.165, 1.54) is 11.3 Å². The number of rotatable bonds is 5. The second-order valence-corrected chi connectivity index (χ2v) is 8.23. The van der Waals surface area contributed by atoms with E-state index >= 15 is 0 Å². The van der Waals surface area contributed by atoms with Crippen LogP contribution in [0.5, 0.6) is 0 Å². The molecule has 0 bridgehead atoms. The van der Waals surface area contributed by atoms with Gasteiger partial charge in [0.2, 0.25) is 0 Å². The third kappa shape index (κ3) is 3.27. The Balaban J connectivity index is 1.43. The van der Waals surface area contributed by atoms with Crippen LogP contribution in [-0.4, -0.2) is 25.9 Å². The molecule has 3 aromatic heterocycles. The number of hydrogen-bond acceptors (Lipinski definition) is 6. The van der Waals surface area contributed by atoms with Crippen molar-refractivity contribution in [1.82, 2.24) is 20.0 Å². The number of amides is 1. The molecule has 1 saturated carbocycles. The van der Waals surface area contributed by atoms with Crippen LogP contribution >= 0.6 is 27.3 Å². The van der Waals surface area contributed by atoms with E-state index in [4.69, 9.17) is 4.42 Å². The van der Waals surface area contributed by atoms with Gasteiger partial charge in [-0.25, -0.2) is 9.67 Å². The highest BCUT2D eigenvalue weighted by atomic mass is 79.9. The standard InChI is InChI=1S/C19H14BrN5O2S/c20-12-5-7-13(8-6-12)25-17(11-3-4-11)16(23-24-25)18(26)22-19-21-14(10-28-19)15-2-1-9-27-15/h1-2,5-11H,3-4H2,(H,21,22,26). The average Bonchev–Trinajstić information content (AvgIpc) is 3.12. The molecule has 5 rings (SSSR count). The van der Waals surface area contributed by atoms with E-state index < -0.39 is 0 Å². The van der Waals surface area contributed by atoms with Crippen molar-refractivity contribution >= 4 is 38.3 Å². The molecule has 0 unspecified atom stereocenters. The van der Waals surface area contributed by atoms with Gasteiger partial charge in [-0.1, -0.05) is 21.1 Å². The van der Waals surface area contributed by atoms with E-state index in [2.05, 4.69) is 36.5 Å². The first-order valence-electron chi connectivity index (χ1n) is 8.71. The first-order chi connectivity index (χ1) is 13.7. The number of carbonyl (C=O) groups is 1. The quantitative estimate of drug-likeness (QED) is 0.463. The fourth-order valence-corrected chi connectivity index (χ4v) is 3.93. The van der Waals surface area contributed by atoms with E-state index in [0.717, 1.165) is 28.7 Å². The highest BCUT2D eigenvalue weighted by Crippen LogP contribution is 2.42. The van der Waals surface area contributed by atoms with Crippen LogP contribution in [0, 0.1) is 0 Å². The number of halogens is 1. The molecule has 9 heteroatoms. The van der Waals surface area contributed by atoms with Gasteiger partial charge in [0, 0.05) is 15.8 Å². The highest BCUT2D eigenvalue weighted by molar-refractivity contribution is 9.10. The molecule has 4 aromatic rings. The van der Waals surface area contributed by atoms with E-state index in [1.807, 2.05) is 35.7 Å². The number of nitrogens with one attached hydrogen (secondary N) is 1. The molecular formula is C19H14BrN5O2S. The topological polar surface area (TPSA) is 85.8 Å². The number of carbonyl (C=O) groups excluding carboxylic acids is 1. The second-order valence-electron chi connectivity index (χ2n) is 6.46. The van der Waals surface area contributed by atoms with Gasteiger partial charge in [0.1, 0.15) is 5.69 Å². The SMILES string of the molecule is O=C(Nc1nc(-c2ccco2)cs1)c1nnn(-c2ccc(Br)cc2)c1C1CC1. The van der Waals surface area contributed by atoms with Crippen molar-refractivity contribution in [3.63, 3.8) is 0 Å². The van der Waals surface area contributed by atoms with Crippen molar-refractivity contribution in [2.24, 2.45) is 0 Å². The molecule has 0 radical (unpaired) electrons. The first-order valence-corrected chi connectivity index (χ1v) is 10.4. The van der Waals surface area contributed by atoms with Crippen molar-refractivity contribution in [2.45, 2.75) is 18.8 Å². The Morgan fingerprint density at radius 3 is 2.79 bits per heavy atom. The number of nitrogens with zero attached hydrogens (tertiary/aromatic N) is 4. The minimum absolute atomic E-state index is 0.300. The largest absolute Gasteiger partial charge is 0.463 e. The van der Waals surface area contributed by atoms with Crippen LogP contribution in [0.4, 0.5) is 5.13 Å². The number of hydrogen-bond donors (Lipinski definition) is 1. The van der Waals surface area contributed by atoms with Crippen molar-refractivity contribution < 1.29 is 9.21 Å². The fraction of sp³-hybridized carbons (Fsp3) is 0.158. The van der Waals surface area contributed by atoms with Gasteiger partial charge in [-0.05, 0) is 49.2 Å². The lowest BCUT2D eigenvalue weighted by Crippen LogP contribution is -2.15. The molecule has 0 aliphatic heterocycles. The zero-order valence-electron chi connectivity index (χ0n) is 14.5. The molecule has 140 valence electrons. The molecule has 3 heterocycles. The van der Waals surface area contributed by atoms with Crippen LogP contribution in [-0.2, 0) is 0 Å². The maximum atomic E-state index is 12.9. The molecule has 0 spiro atoms. The third-order valence-electron chi connectivity index (χ3n) is 4.45. The second kappa shape index (κ2) is 6.99. The summed E-state index contributed by atoms with van der Waals surface area (Å²) in [5, 5.41) is 13.6. The fourth-order valence-electron chi connectivity index (χ4n) is 2.97. The van der Waals surface area contributed by atoms with Gasteiger partial charge in [0.25, 0.3) is 5.91 Å². The smallest absolute Gasteiger partial charge is 0.279 e. The van der Waals surface area contributed by atoms with Gasteiger partial charge < -0.3 is 4.42 Å². The number of aromatic nitrogens is 4. The van der Waals surface area contributed by atoms with Crippen LogP contribution < -0.4 is 5.32 Å². The summed E-state index contributed by atoms with van der Waals surface area (Å²) < 4.78 is 8.09. The lowest BCUT2D eigenvalue weighted by atomic mass is 10.2. The summed E-state index contributed by atoms with van der Waals surface area (Å²) in [6.45, 7) is 0. The Kier molecular flexibility index (Phi) is 4.33. The molecule has 1 aliphatic carbocycles. The molecule has 1 N–H and O–H groups in total. The summed E-state index contributed by atoms with van der Waals surface area (Å²) in [6, 6.07) is 11.4. The maximum absolute atomic E-state index is 12.9. The van der Waals surface area contributed by atoms with E-state index in [-0.39, 0.29) is 5.91 Å². The Labute approximate surface area is 172 Å². The summed E-state index contributed by atoms with van der Waals surface area (Å²) in [5.41, 5.74) is 2.76. The molecule has 7 nitrogen and oxygen atoms in total. The molecule has 1 aliphatic rings. The Hall–Kier alpha value is -2.78. The monoisotopic (exact) mass is 455 g/mol. The molecule has 1 amide bonds. The number of furan rings is 1. The van der Waals surface area contributed by atoms with E-state index in [0.29, 0.717) is 28.2 Å². The Morgan fingerprint density at radius 1 is 1.25 bits per heavy atom.